The first-order valence-electron chi connectivity index (χ1n) is 7.11. The molecule has 0 spiro atoms. The first-order valence-corrected chi connectivity index (χ1v) is 7.11. The summed E-state index contributed by atoms with van der Waals surface area (Å²) in [7, 11) is 0. The standard InChI is InChI=1S/C13H23N5O3/c1-4-5-14-12-11(18(19)20)13(17-9-16-12)15-6-7-21-8-10(2)3/h9-10H,4-8H2,1-3H3,(H2,14,15,16,17). The van der Waals surface area contributed by atoms with Gasteiger partial charge >= 0.3 is 5.69 Å². The fourth-order valence-corrected chi connectivity index (χ4v) is 1.61. The molecule has 0 radical (unpaired) electrons. The number of ether oxygens (including phenoxy) is 1. The van der Waals surface area contributed by atoms with Crippen molar-refractivity contribution in [3.8, 4) is 0 Å². The van der Waals surface area contributed by atoms with Gasteiger partial charge in [0, 0.05) is 19.7 Å². The number of aromatic nitrogens is 2. The van der Waals surface area contributed by atoms with Crippen LogP contribution < -0.4 is 10.6 Å². The van der Waals surface area contributed by atoms with Gasteiger partial charge in [0.25, 0.3) is 0 Å². The minimum Gasteiger partial charge on any atom is -0.379 e. The third kappa shape index (κ3) is 5.90. The molecule has 0 aliphatic rings. The van der Waals surface area contributed by atoms with Crippen LogP contribution in [-0.2, 0) is 4.74 Å². The van der Waals surface area contributed by atoms with Crippen molar-refractivity contribution in [2.45, 2.75) is 27.2 Å². The minimum absolute atomic E-state index is 0.130. The summed E-state index contributed by atoms with van der Waals surface area (Å²) >= 11 is 0. The molecule has 0 saturated carbocycles. The van der Waals surface area contributed by atoms with Gasteiger partial charge in [0.15, 0.2) is 0 Å². The number of nitrogens with one attached hydrogen (secondary N) is 2. The van der Waals surface area contributed by atoms with E-state index in [9.17, 15) is 10.1 Å². The monoisotopic (exact) mass is 297 g/mol. The molecule has 8 heteroatoms. The molecule has 0 atom stereocenters. The van der Waals surface area contributed by atoms with Crippen molar-refractivity contribution in [1.82, 2.24) is 9.97 Å². The maximum absolute atomic E-state index is 11.2. The normalized spacial score (nSPS) is 10.7. The third-order valence-corrected chi connectivity index (χ3v) is 2.54. The van der Waals surface area contributed by atoms with Gasteiger partial charge in [0.1, 0.15) is 6.33 Å². The van der Waals surface area contributed by atoms with Crippen LogP contribution in [-0.4, -0.2) is 41.2 Å². The van der Waals surface area contributed by atoms with Crippen LogP contribution in [0.5, 0.6) is 0 Å². The second-order valence-corrected chi connectivity index (χ2v) is 5.00. The number of nitrogens with zero attached hydrogens (tertiary/aromatic N) is 3. The number of anilines is 2. The van der Waals surface area contributed by atoms with Gasteiger partial charge in [0.2, 0.25) is 11.6 Å². The Morgan fingerprint density at radius 3 is 2.43 bits per heavy atom. The van der Waals surface area contributed by atoms with Crippen LogP contribution in [0.25, 0.3) is 0 Å². The molecule has 0 aromatic carbocycles. The lowest BCUT2D eigenvalue weighted by Gasteiger charge is -2.10. The van der Waals surface area contributed by atoms with Gasteiger partial charge in [0.05, 0.1) is 11.5 Å². The smallest absolute Gasteiger partial charge is 0.353 e. The summed E-state index contributed by atoms with van der Waals surface area (Å²) < 4.78 is 5.42. The van der Waals surface area contributed by atoms with Crippen LogP contribution in [0, 0.1) is 16.0 Å². The van der Waals surface area contributed by atoms with Gasteiger partial charge in [-0.2, -0.15) is 0 Å². The van der Waals surface area contributed by atoms with E-state index in [-0.39, 0.29) is 17.3 Å². The molecule has 21 heavy (non-hydrogen) atoms. The van der Waals surface area contributed by atoms with Crippen molar-refractivity contribution in [1.29, 1.82) is 0 Å². The van der Waals surface area contributed by atoms with E-state index in [1.807, 2.05) is 6.92 Å². The Labute approximate surface area is 124 Å². The topological polar surface area (TPSA) is 102 Å². The highest BCUT2D eigenvalue weighted by atomic mass is 16.6. The van der Waals surface area contributed by atoms with Crippen molar-refractivity contribution < 1.29 is 9.66 Å². The Morgan fingerprint density at radius 1 is 1.29 bits per heavy atom. The van der Waals surface area contributed by atoms with Crippen molar-refractivity contribution in [2.24, 2.45) is 5.92 Å². The van der Waals surface area contributed by atoms with Gasteiger partial charge < -0.3 is 15.4 Å². The highest BCUT2D eigenvalue weighted by Gasteiger charge is 2.22. The van der Waals surface area contributed by atoms with Crippen LogP contribution in [0.15, 0.2) is 6.33 Å². The highest BCUT2D eigenvalue weighted by molar-refractivity contribution is 5.69. The van der Waals surface area contributed by atoms with Crippen LogP contribution >= 0.6 is 0 Å². The molecule has 2 N–H and O–H groups in total. The average Bonchev–Trinajstić information content (AvgIpc) is 2.44. The van der Waals surface area contributed by atoms with Gasteiger partial charge in [-0.1, -0.05) is 20.8 Å². The summed E-state index contributed by atoms with van der Waals surface area (Å²) in [5, 5.41) is 17.1. The van der Waals surface area contributed by atoms with Gasteiger partial charge in [-0.25, -0.2) is 9.97 Å². The van der Waals surface area contributed by atoms with Crippen LogP contribution in [0.1, 0.15) is 27.2 Å². The third-order valence-electron chi connectivity index (χ3n) is 2.54. The Hall–Kier alpha value is -1.96. The van der Waals surface area contributed by atoms with Gasteiger partial charge in [-0.05, 0) is 12.3 Å². The zero-order valence-electron chi connectivity index (χ0n) is 12.8. The zero-order chi connectivity index (χ0) is 15.7. The lowest BCUT2D eigenvalue weighted by atomic mass is 10.2. The first kappa shape index (κ1) is 17.1. The Bertz CT molecular complexity index is 453. The predicted molar refractivity (Wildman–Crippen MR) is 81.6 cm³/mol. The second kappa shape index (κ2) is 9.06. The molecular weight excluding hydrogens is 274 g/mol. The highest BCUT2D eigenvalue weighted by Crippen LogP contribution is 2.28. The van der Waals surface area contributed by atoms with E-state index >= 15 is 0 Å². The average molecular weight is 297 g/mol. The molecular formula is C13H23N5O3. The SMILES string of the molecule is CCCNc1ncnc(NCCOCC(C)C)c1[N+](=O)[O-]. The molecule has 8 nitrogen and oxygen atoms in total. The van der Waals surface area contributed by atoms with Gasteiger partial charge in [-0.3, -0.25) is 10.1 Å². The second-order valence-electron chi connectivity index (χ2n) is 5.00. The molecule has 0 fully saturated rings. The van der Waals surface area contributed by atoms with Gasteiger partial charge in [-0.15, -0.1) is 0 Å². The molecule has 1 heterocycles. The van der Waals surface area contributed by atoms with Crippen molar-refractivity contribution in [3.05, 3.63) is 16.4 Å². The van der Waals surface area contributed by atoms with E-state index in [4.69, 9.17) is 4.74 Å². The van der Waals surface area contributed by atoms with Crippen molar-refractivity contribution >= 4 is 17.3 Å². The molecule has 1 aromatic rings. The van der Waals surface area contributed by atoms with E-state index < -0.39 is 4.92 Å². The first-order chi connectivity index (χ1) is 10.1. The van der Waals surface area contributed by atoms with Crippen LogP contribution in [0.4, 0.5) is 17.3 Å². The molecule has 0 aliphatic heterocycles. The zero-order valence-corrected chi connectivity index (χ0v) is 12.8. The molecule has 0 saturated heterocycles. The number of hydrogen-bond donors (Lipinski definition) is 2. The van der Waals surface area contributed by atoms with Crippen LogP contribution in [0.3, 0.4) is 0 Å². The van der Waals surface area contributed by atoms with E-state index in [1.54, 1.807) is 0 Å². The predicted octanol–water partition coefficient (Wildman–Crippen LogP) is 2.29. The summed E-state index contributed by atoms with van der Waals surface area (Å²) in [6, 6.07) is 0. The summed E-state index contributed by atoms with van der Waals surface area (Å²) in [6.07, 6.45) is 2.16. The number of hydrogen-bond acceptors (Lipinski definition) is 7. The summed E-state index contributed by atoms with van der Waals surface area (Å²) in [6.45, 7) is 8.31. The quantitative estimate of drug-likeness (QED) is 0.388. The molecule has 0 amide bonds. The summed E-state index contributed by atoms with van der Waals surface area (Å²) in [4.78, 5) is 18.6. The molecule has 1 rings (SSSR count). The fourth-order valence-electron chi connectivity index (χ4n) is 1.61. The lowest BCUT2D eigenvalue weighted by molar-refractivity contribution is -0.383. The number of nitro groups is 1. The molecule has 118 valence electrons. The Morgan fingerprint density at radius 2 is 1.90 bits per heavy atom. The minimum atomic E-state index is -0.477. The number of rotatable bonds is 10. The lowest BCUT2D eigenvalue weighted by Crippen LogP contribution is -2.15. The summed E-state index contributed by atoms with van der Waals surface area (Å²) in [5.74, 6) is 0.910. The van der Waals surface area contributed by atoms with Crippen molar-refractivity contribution in [2.75, 3.05) is 36.9 Å². The maximum Gasteiger partial charge on any atom is 0.353 e. The maximum atomic E-state index is 11.2. The summed E-state index contributed by atoms with van der Waals surface area (Å²) in [5.41, 5.74) is -0.130. The molecule has 0 unspecified atom stereocenters. The largest absolute Gasteiger partial charge is 0.379 e. The molecule has 0 aliphatic carbocycles. The fraction of sp³-hybridized carbons (Fsp3) is 0.692. The molecule has 1 aromatic heterocycles. The van der Waals surface area contributed by atoms with E-state index in [0.717, 1.165) is 6.42 Å². The van der Waals surface area contributed by atoms with E-state index in [1.165, 1.54) is 6.33 Å². The van der Waals surface area contributed by atoms with E-state index in [2.05, 4.69) is 34.4 Å². The molecule has 0 bridgehead atoms. The van der Waals surface area contributed by atoms with Crippen molar-refractivity contribution in [3.63, 3.8) is 0 Å². The Kier molecular flexibility index (Phi) is 7.38. The Balaban J connectivity index is 2.65. The van der Waals surface area contributed by atoms with E-state index in [0.29, 0.717) is 32.2 Å². The van der Waals surface area contributed by atoms with Crippen LogP contribution in [0.2, 0.25) is 0 Å².